The van der Waals surface area contributed by atoms with Gasteiger partial charge in [0.1, 0.15) is 0 Å². The van der Waals surface area contributed by atoms with E-state index in [2.05, 4.69) is 45.7 Å². The fourth-order valence-corrected chi connectivity index (χ4v) is 4.30. The van der Waals surface area contributed by atoms with Crippen LogP contribution < -0.4 is 0 Å². The zero-order chi connectivity index (χ0) is 17.6. The van der Waals surface area contributed by atoms with Crippen molar-refractivity contribution in [3.63, 3.8) is 0 Å². The quantitative estimate of drug-likeness (QED) is 0.751. The van der Waals surface area contributed by atoms with Crippen LogP contribution in [0.25, 0.3) is 0 Å². The molecule has 2 aliphatic heterocycles. The summed E-state index contributed by atoms with van der Waals surface area (Å²) in [7, 11) is 0. The summed E-state index contributed by atoms with van der Waals surface area (Å²) in [5, 5.41) is 0. The highest BCUT2D eigenvalue weighted by Crippen LogP contribution is 2.11. The summed E-state index contributed by atoms with van der Waals surface area (Å²) in [6.45, 7) is 13.6. The predicted molar refractivity (Wildman–Crippen MR) is 108 cm³/mol. The lowest BCUT2D eigenvalue weighted by Gasteiger charge is -2.37. The molecule has 0 saturated carbocycles. The molecule has 1 aromatic heterocycles. The summed E-state index contributed by atoms with van der Waals surface area (Å²) in [6, 6.07) is 4.28. The number of piperazine rings is 1. The maximum absolute atomic E-state index is 5.71. The molecule has 0 unspecified atom stereocenters. The van der Waals surface area contributed by atoms with E-state index in [1.807, 2.05) is 0 Å². The van der Waals surface area contributed by atoms with Crippen molar-refractivity contribution < 1.29 is 0 Å². The third-order valence-corrected chi connectivity index (χ3v) is 5.79. The molecule has 0 spiro atoms. The summed E-state index contributed by atoms with van der Waals surface area (Å²) >= 11 is 5.71. The van der Waals surface area contributed by atoms with Crippen LogP contribution in [0.3, 0.4) is 0 Å². The van der Waals surface area contributed by atoms with Gasteiger partial charge in [-0.3, -0.25) is 9.88 Å². The smallest absolute Gasteiger partial charge is 0.0840 e. The van der Waals surface area contributed by atoms with Gasteiger partial charge in [0.05, 0.1) is 4.99 Å². The summed E-state index contributed by atoms with van der Waals surface area (Å²) < 4.78 is 0. The Kier molecular flexibility index (Phi) is 6.79. The molecule has 3 rings (SSSR count). The molecule has 0 bridgehead atoms. The molecule has 0 aliphatic carbocycles. The largest absolute Gasteiger partial charge is 0.363 e. The Labute approximate surface area is 158 Å². The number of hydrogen-bond acceptors (Lipinski definition) is 4. The lowest BCUT2D eigenvalue weighted by molar-refractivity contribution is 0.145. The van der Waals surface area contributed by atoms with E-state index in [0.29, 0.717) is 0 Å². The molecule has 138 valence electrons. The number of likely N-dealkylation sites (tertiary alicyclic amines) is 1. The Morgan fingerprint density at radius 1 is 0.920 bits per heavy atom. The number of aryl methyl sites for hydroxylation is 2. The van der Waals surface area contributed by atoms with Gasteiger partial charge in [-0.2, -0.15) is 0 Å². The number of aromatic nitrogens is 1. The lowest BCUT2D eigenvalue weighted by atomic mass is 10.1. The number of hydrogen-bond donors (Lipinski definition) is 0. The van der Waals surface area contributed by atoms with Crippen molar-refractivity contribution in [1.82, 2.24) is 19.7 Å². The molecule has 3 heterocycles. The fourth-order valence-electron chi connectivity index (χ4n) is 3.97. The number of piperidine rings is 1. The molecule has 2 aliphatic rings. The topological polar surface area (TPSA) is 22.6 Å². The average molecular weight is 361 g/mol. The summed E-state index contributed by atoms with van der Waals surface area (Å²) in [4.78, 5) is 13.3. The maximum Gasteiger partial charge on any atom is 0.0840 e. The van der Waals surface area contributed by atoms with Crippen molar-refractivity contribution in [3.8, 4) is 0 Å². The zero-order valence-corrected chi connectivity index (χ0v) is 16.7. The van der Waals surface area contributed by atoms with Gasteiger partial charge in [-0.05, 0) is 57.5 Å². The molecular weight excluding hydrogens is 328 g/mol. The van der Waals surface area contributed by atoms with Crippen molar-refractivity contribution in [2.45, 2.75) is 39.5 Å². The maximum atomic E-state index is 5.71. The molecule has 25 heavy (non-hydrogen) atoms. The minimum atomic E-state index is 0.797. The first-order chi connectivity index (χ1) is 12.1. The molecule has 0 N–H and O–H groups in total. The Balaban J connectivity index is 1.41. The van der Waals surface area contributed by atoms with Gasteiger partial charge < -0.3 is 9.80 Å². The zero-order valence-electron chi connectivity index (χ0n) is 15.8. The summed E-state index contributed by atoms with van der Waals surface area (Å²) in [5.74, 6) is 0. The number of pyridine rings is 1. The first-order valence-electron chi connectivity index (χ1n) is 9.77. The van der Waals surface area contributed by atoms with Gasteiger partial charge in [-0.15, -0.1) is 0 Å². The second-order valence-corrected chi connectivity index (χ2v) is 8.05. The SMILES string of the molecule is Cc1cc(C)nc(CC(=S)N2CCN(CCN3CCCCC3)CC2)c1. The first kappa shape index (κ1) is 18.7. The van der Waals surface area contributed by atoms with Gasteiger partial charge >= 0.3 is 0 Å². The third-order valence-electron chi connectivity index (χ3n) is 5.39. The minimum absolute atomic E-state index is 0.797. The van der Waals surface area contributed by atoms with Crippen molar-refractivity contribution in [2.24, 2.45) is 0 Å². The van der Waals surface area contributed by atoms with E-state index in [-0.39, 0.29) is 0 Å². The van der Waals surface area contributed by atoms with Crippen molar-refractivity contribution in [1.29, 1.82) is 0 Å². The van der Waals surface area contributed by atoms with Crippen LogP contribution in [0.15, 0.2) is 12.1 Å². The van der Waals surface area contributed by atoms with E-state index in [1.54, 1.807) is 0 Å². The van der Waals surface area contributed by atoms with Crippen LogP contribution >= 0.6 is 12.2 Å². The lowest BCUT2D eigenvalue weighted by Crippen LogP contribution is -2.50. The summed E-state index contributed by atoms with van der Waals surface area (Å²) in [6.07, 6.45) is 4.98. The Morgan fingerprint density at radius 2 is 1.56 bits per heavy atom. The highest BCUT2D eigenvalue weighted by Gasteiger charge is 2.20. The Bertz CT molecular complexity index is 555. The van der Waals surface area contributed by atoms with Crippen molar-refractivity contribution >= 4 is 17.2 Å². The van der Waals surface area contributed by atoms with Crippen LogP contribution in [0, 0.1) is 13.8 Å². The van der Waals surface area contributed by atoms with Crippen LogP contribution in [-0.4, -0.2) is 77.0 Å². The standard InChI is InChI=1S/C20H32N4S/c1-17-14-18(2)21-19(15-17)16-20(25)24-12-10-23(11-13-24)9-8-22-6-4-3-5-7-22/h14-15H,3-13,16H2,1-2H3. The average Bonchev–Trinajstić information content (AvgIpc) is 2.60. The van der Waals surface area contributed by atoms with Gasteiger partial charge in [0.25, 0.3) is 0 Å². The summed E-state index contributed by atoms with van der Waals surface area (Å²) in [5.41, 5.74) is 3.46. The second-order valence-electron chi connectivity index (χ2n) is 7.58. The molecule has 0 aromatic carbocycles. The molecule has 2 fully saturated rings. The molecule has 0 radical (unpaired) electrons. The van der Waals surface area contributed by atoms with Crippen LogP contribution in [0.1, 0.15) is 36.2 Å². The molecule has 2 saturated heterocycles. The number of thiocarbonyl (C=S) groups is 1. The Morgan fingerprint density at radius 3 is 2.20 bits per heavy atom. The highest BCUT2D eigenvalue weighted by molar-refractivity contribution is 7.80. The van der Waals surface area contributed by atoms with Gasteiger partial charge in [0.2, 0.25) is 0 Å². The number of rotatable bonds is 5. The van der Waals surface area contributed by atoms with E-state index >= 15 is 0 Å². The van der Waals surface area contributed by atoms with Gasteiger partial charge in [0.15, 0.2) is 0 Å². The van der Waals surface area contributed by atoms with Gasteiger partial charge in [-0.25, -0.2) is 0 Å². The van der Waals surface area contributed by atoms with Crippen molar-refractivity contribution in [2.75, 3.05) is 52.4 Å². The van der Waals surface area contributed by atoms with E-state index in [4.69, 9.17) is 12.2 Å². The molecule has 1 aromatic rings. The van der Waals surface area contributed by atoms with Crippen LogP contribution in [-0.2, 0) is 6.42 Å². The van der Waals surface area contributed by atoms with Crippen LogP contribution in [0.5, 0.6) is 0 Å². The van der Waals surface area contributed by atoms with E-state index < -0.39 is 0 Å². The molecule has 5 heteroatoms. The molecular formula is C20H32N4S. The van der Waals surface area contributed by atoms with E-state index in [9.17, 15) is 0 Å². The minimum Gasteiger partial charge on any atom is -0.363 e. The molecule has 0 amide bonds. The van der Waals surface area contributed by atoms with E-state index in [1.165, 1.54) is 51.0 Å². The normalized spacial score (nSPS) is 20.0. The number of nitrogens with zero attached hydrogens (tertiary/aromatic N) is 4. The van der Waals surface area contributed by atoms with Crippen molar-refractivity contribution in [3.05, 3.63) is 29.1 Å². The molecule has 4 nitrogen and oxygen atoms in total. The van der Waals surface area contributed by atoms with Gasteiger partial charge in [0, 0.05) is 57.1 Å². The highest BCUT2D eigenvalue weighted by atomic mass is 32.1. The Hall–Kier alpha value is -1.04. The second kappa shape index (κ2) is 9.06. The van der Waals surface area contributed by atoms with Crippen LogP contribution in [0.4, 0.5) is 0 Å². The van der Waals surface area contributed by atoms with E-state index in [0.717, 1.165) is 49.0 Å². The van der Waals surface area contributed by atoms with Gasteiger partial charge in [-0.1, -0.05) is 18.6 Å². The third kappa shape index (κ3) is 5.73. The van der Waals surface area contributed by atoms with Crippen LogP contribution in [0.2, 0.25) is 0 Å². The predicted octanol–water partition coefficient (Wildman–Crippen LogP) is 2.67. The first-order valence-corrected chi connectivity index (χ1v) is 10.2. The molecule has 0 atom stereocenters. The fraction of sp³-hybridized carbons (Fsp3) is 0.700. The monoisotopic (exact) mass is 360 g/mol.